The number of ether oxygens (including phenoxy) is 3. The zero-order valence-electron chi connectivity index (χ0n) is 24.3. The van der Waals surface area contributed by atoms with Crippen LogP contribution < -0.4 is 19.1 Å². The maximum absolute atomic E-state index is 5.36. The Kier molecular flexibility index (Phi) is 13.3. The molecule has 0 saturated carbocycles. The molecule has 0 atom stereocenters. The molecule has 0 bridgehead atoms. The molecule has 0 amide bonds. The summed E-state index contributed by atoms with van der Waals surface area (Å²) in [6.07, 6.45) is 10.5. The van der Waals surface area contributed by atoms with E-state index in [9.17, 15) is 0 Å². The third-order valence-corrected chi connectivity index (χ3v) is 6.94. The van der Waals surface area contributed by atoms with E-state index in [1.165, 1.54) is 36.1 Å². The summed E-state index contributed by atoms with van der Waals surface area (Å²) in [4.78, 5) is 4.98. The number of nitrogens with zero attached hydrogens (tertiary/aromatic N) is 2. The fourth-order valence-corrected chi connectivity index (χ4v) is 4.56. The Morgan fingerprint density at radius 3 is 1.67 bits per heavy atom. The second-order valence-electron chi connectivity index (χ2n) is 9.87. The van der Waals surface area contributed by atoms with Gasteiger partial charge in [-0.1, -0.05) is 49.8 Å². The molecule has 210 valence electrons. The van der Waals surface area contributed by atoms with E-state index in [4.69, 9.17) is 14.2 Å². The molecule has 5 nitrogen and oxygen atoms in total. The third-order valence-electron chi connectivity index (χ3n) is 6.94. The van der Waals surface area contributed by atoms with Crippen molar-refractivity contribution in [3.8, 4) is 17.2 Å². The summed E-state index contributed by atoms with van der Waals surface area (Å²) < 4.78 is 16.0. The molecule has 3 rings (SSSR count). The van der Waals surface area contributed by atoms with E-state index < -0.39 is 0 Å². The van der Waals surface area contributed by atoms with Crippen molar-refractivity contribution in [2.45, 2.75) is 52.1 Å². The lowest BCUT2D eigenvalue weighted by Gasteiger charge is -2.25. The monoisotopic (exact) mass is 530 g/mol. The summed E-state index contributed by atoms with van der Waals surface area (Å²) in [6, 6.07) is 25.2. The van der Waals surface area contributed by atoms with Crippen molar-refractivity contribution in [2.75, 3.05) is 45.9 Å². The van der Waals surface area contributed by atoms with Gasteiger partial charge < -0.3 is 19.1 Å². The van der Waals surface area contributed by atoms with Gasteiger partial charge in [0.05, 0.1) is 21.3 Å². The van der Waals surface area contributed by atoms with Crippen LogP contribution in [0.5, 0.6) is 17.2 Å². The highest BCUT2D eigenvalue weighted by Crippen LogP contribution is 2.23. The van der Waals surface area contributed by atoms with Crippen molar-refractivity contribution in [1.82, 2.24) is 4.90 Å². The highest BCUT2D eigenvalue weighted by atomic mass is 16.5. The van der Waals surface area contributed by atoms with Crippen LogP contribution in [-0.4, -0.2) is 45.9 Å². The van der Waals surface area contributed by atoms with Gasteiger partial charge in [-0.15, -0.1) is 0 Å². The van der Waals surface area contributed by atoms with Gasteiger partial charge in [-0.2, -0.15) is 0 Å². The molecule has 0 aromatic heterocycles. The van der Waals surface area contributed by atoms with Crippen molar-refractivity contribution >= 4 is 5.69 Å². The third kappa shape index (κ3) is 10.7. The molecule has 0 fully saturated rings. The first-order valence-electron chi connectivity index (χ1n) is 14.2. The van der Waals surface area contributed by atoms with Crippen LogP contribution in [0.3, 0.4) is 0 Å². The Morgan fingerprint density at radius 2 is 1.13 bits per heavy atom. The van der Waals surface area contributed by atoms with E-state index in [1.54, 1.807) is 21.3 Å². The van der Waals surface area contributed by atoms with E-state index in [1.807, 2.05) is 36.4 Å². The number of benzene rings is 3. The van der Waals surface area contributed by atoms with Gasteiger partial charge in [-0.3, -0.25) is 4.90 Å². The fourth-order valence-electron chi connectivity index (χ4n) is 4.56. The van der Waals surface area contributed by atoms with Crippen molar-refractivity contribution < 1.29 is 14.2 Å². The largest absolute Gasteiger partial charge is 0.497 e. The summed E-state index contributed by atoms with van der Waals surface area (Å²) >= 11 is 0. The average molecular weight is 531 g/mol. The maximum Gasteiger partial charge on any atom is 0.119 e. The molecular weight excluding hydrogens is 484 g/mol. The van der Waals surface area contributed by atoms with E-state index >= 15 is 0 Å². The maximum atomic E-state index is 5.36. The van der Waals surface area contributed by atoms with Gasteiger partial charge >= 0.3 is 0 Å². The zero-order valence-corrected chi connectivity index (χ0v) is 24.3. The first-order valence-corrected chi connectivity index (χ1v) is 14.2. The Balaban J connectivity index is 1.49. The second kappa shape index (κ2) is 17.2. The van der Waals surface area contributed by atoms with Gasteiger partial charge in [-0.05, 0) is 91.9 Å². The van der Waals surface area contributed by atoms with Crippen LogP contribution in [0.15, 0.2) is 84.9 Å². The molecule has 5 heteroatoms. The topological polar surface area (TPSA) is 34.2 Å². The Labute approximate surface area is 236 Å². The molecule has 0 radical (unpaired) electrons. The van der Waals surface area contributed by atoms with Gasteiger partial charge in [0, 0.05) is 31.9 Å². The number of methoxy groups -OCH3 is 3. The summed E-state index contributed by atoms with van der Waals surface area (Å²) in [6.45, 7) is 7.20. The average Bonchev–Trinajstić information content (AvgIpc) is 2.99. The Hall–Kier alpha value is -3.44. The molecule has 0 aliphatic carbocycles. The van der Waals surface area contributed by atoms with Crippen molar-refractivity contribution in [3.05, 3.63) is 96.1 Å². The van der Waals surface area contributed by atoms with Crippen LogP contribution in [0.4, 0.5) is 5.69 Å². The predicted molar refractivity (Wildman–Crippen MR) is 163 cm³/mol. The number of hydrogen-bond donors (Lipinski definition) is 0. The molecule has 3 aromatic rings. The number of rotatable bonds is 18. The lowest BCUT2D eigenvalue weighted by Crippen LogP contribution is -2.24. The van der Waals surface area contributed by atoms with Gasteiger partial charge in [0.25, 0.3) is 0 Å². The number of allylic oxidation sites excluding steroid dienone is 1. The Bertz CT molecular complexity index is 1080. The highest BCUT2D eigenvalue weighted by molar-refractivity contribution is 5.49. The van der Waals surface area contributed by atoms with Crippen molar-refractivity contribution in [1.29, 1.82) is 0 Å². The predicted octanol–water partition coefficient (Wildman–Crippen LogP) is 7.75. The molecule has 39 heavy (non-hydrogen) atoms. The van der Waals surface area contributed by atoms with Gasteiger partial charge in [-0.25, -0.2) is 0 Å². The quantitative estimate of drug-likeness (QED) is 0.124. The lowest BCUT2D eigenvalue weighted by molar-refractivity contribution is 0.289. The van der Waals surface area contributed by atoms with E-state index in [0.717, 1.165) is 62.8 Å². The smallest absolute Gasteiger partial charge is 0.119 e. The fraction of sp³-hybridized carbons (Fsp3) is 0.412. The first-order chi connectivity index (χ1) is 19.1. The summed E-state index contributed by atoms with van der Waals surface area (Å²) in [5.74, 6) is 2.68. The van der Waals surface area contributed by atoms with Crippen molar-refractivity contribution in [3.63, 3.8) is 0 Å². The lowest BCUT2D eigenvalue weighted by atomic mass is 10.1. The van der Waals surface area contributed by atoms with Gasteiger partial charge in [0.15, 0.2) is 0 Å². The van der Waals surface area contributed by atoms with Gasteiger partial charge in [0.2, 0.25) is 0 Å². The molecular formula is C34H46N2O3. The summed E-state index contributed by atoms with van der Waals surface area (Å²) in [7, 11) is 5.13. The minimum Gasteiger partial charge on any atom is -0.497 e. The van der Waals surface area contributed by atoms with Crippen LogP contribution in [-0.2, 0) is 13.1 Å². The summed E-state index contributed by atoms with van der Waals surface area (Å²) in [5, 5.41) is 0. The van der Waals surface area contributed by atoms with Crippen LogP contribution >= 0.6 is 0 Å². The van der Waals surface area contributed by atoms with Crippen molar-refractivity contribution in [2.24, 2.45) is 0 Å². The standard InChI is InChI=1S/C34H46N2O3/c1-5-6-24-35(27-29-12-18-32(37-2)19-13-29)25-10-8-7-9-11-26-36(31-16-22-34(39-4)23-17-31)28-30-14-20-33(38-3)21-15-30/h8,10,12-23H,5-7,9,11,24-28H2,1-4H3/b10-8+. The van der Waals surface area contributed by atoms with E-state index in [-0.39, 0.29) is 0 Å². The second-order valence-corrected chi connectivity index (χ2v) is 9.87. The van der Waals surface area contributed by atoms with E-state index in [2.05, 4.69) is 65.3 Å². The zero-order chi connectivity index (χ0) is 27.7. The minimum atomic E-state index is 0.865. The van der Waals surface area contributed by atoms with Crippen LogP contribution in [0.1, 0.15) is 50.2 Å². The minimum absolute atomic E-state index is 0.865. The first kappa shape index (κ1) is 30.1. The molecule has 0 spiro atoms. The molecule has 3 aromatic carbocycles. The summed E-state index contributed by atoms with van der Waals surface area (Å²) in [5.41, 5.74) is 3.82. The van der Waals surface area contributed by atoms with Gasteiger partial charge in [0.1, 0.15) is 17.2 Å². The number of hydrogen-bond acceptors (Lipinski definition) is 5. The SMILES string of the molecule is CCCCN(C/C=C/CCCCN(Cc1ccc(OC)cc1)c1ccc(OC)cc1)Cc1ccc(OC)cc1. The van der Waals surface area contributed by atoms with Crippen LogP contribution in [0.2, 0.25) is 0 Å². The van der Waals surface area contributed by atoms with E-state index in [0.29, 0.717) is 0 Å². The molecule has 0 heterocycles. The van der Waals surface area contributed by atoms with Crippen LogP contribution in [0, 0.1) is 0 Å². The Morgan fingerprint density at radius 1 is 0.590 bits per heavy atom. The number of unbranched alkanes of at least 4 members (excludes halogenated alkanes) is 3. The molecule has 0 aliphatic rings. The highest BCUT2D eigenvalue weighted by Gasteiger charge is 2.09. The normalized spacial score (nSPS) is 11.2. The van der Waals surface area contributed by atoms with Crippen LogP contribution in [0.25, 0.3) is 0 Å². The molecule has 0 aliphatic heterocycles. The number of anilines is 1. The molecule has 0 unspecified atom stereocenters. The molecule has 0 N–H and O–H groups in total. The molecule has 0 saturated heterocycles.